The molecule has 9 nitrogen and oxygen atoms in total. The lowest BCUT2D eigenvalue weighted by atomic mass is 9.71. The number of carbonyl (C=O) groups is 1. The van der Waals surface area contributed by atoms with Crippen molar-refractivity contribution in [3.63, 3.8) is 0 Å². The lowest BCUT2D eigenvalue weighted by molar-refractivity contribution is -0.335. The number of fused-ring (bicyclic) bond motifs is 2. The molecule has 3 N–H and O–H groups in total. The van der Waals surface area contributed by atoms with E-state index in [2.05, 4.69) is 32.0 Å². The maximum absolute atomic E-state index is 13.9. The van der Waals surface area contributed by atoms with E-state index < -0.39 is 35.5 Å². The zero-order valence-electron chi connectivity index (χ0n) is 24.6. The Morgan fingerprint density at radius 2 is 2.00 bits per heavy atom. The first-order valence-corrected chi connectivity index (χ1v) is 15.1. The first-order chi connectivity index (χ1) is 19.6. The van der Waals surface area contributed by atoms with E-state index in [1.54, 1.807) is 19.1 Å². The molecule has 2 bridgehead atoms. The zero-order valence-corrected chi connectivity index (χ0v) is 24.6. The van der Waals surface area contributed by atoms with Gasteiger partial charge in [0.25, 0.3) is 0 Å². The van der Waals surface area contributed by atoms with Gasteiger partial charge < -0.3 is 34.4 Å². The second kappa shape index (κ2) is 12.1. The minimum absolute atomic E-state index is 0.0482. The molecule has 5 rings (SSSR count). The van der Waals surface area contributed by atoms with Crippen molar-refractivity contribution < 1.29 is 39.2 Å². The highest BCUT2D eigenvalue weighted by molar-refractivity contribution is 6.06. The molecule has 0 saturated carbocycles. The SMILES string of the molecule is CC[C@H]1O[C@]2(CC[C@@H]1C)C[C@@H]1C[C@@H](C/C=C(\CO)C[C@@H](C)/C=C/C=C3\CO[C@@H]4/C(=N\O)C(C)=CC(C(=O)O1)[C@]34O)O2. The summed E-state index contributed by atoms with van der Waals surface area (Å²) in [7, 11) is 0. The summed E-state index contributed by atoms with van der Waals surface area (Å²) in [6.45, 7) is 8.15. The molecule has 0 amide bonds. The van der Waals surface area contributed by atoms with Crippen molar-refractivity contribution in [3.05, 3.63) is 47.1 Å². The number of hydrogen-bond donors (Lipinski definition) is 3. The minimum atomic E-state index is -1.76. The van der Waals surface area contributed by atoms with Crippen molar-refractivity contribution in [2.24, 2.45) is 22.9 Å². The van der Waals surface area contributed by atoms with E-state index in [0.717, 1.165) is 18.4 Å². The van der Waals surface area contributed by atoms with Gasteiger partial charge in [0.1, 0.15) is 29.4 Å². The largest absolute Gasteiger partial charge is 0.462 e. The summed E-state index contributed by atoms with van der Waals surface area (Å²) in [4.78, 5) is 13.9. The second-order valence-electron chi connectivity index (χ2n) is 12.6. The highest BCUT2D eigenvalue weighted by Crippen LogP contribution is 2.46. The number of oxime groups is 1. The van der Waals surface area contributed by atoms with E-state index in [1.807, 2.05) is 12.2 Å². The molecular formula is C32H45NO8. The van der Waals surface area contributed by atoms with Crippen LogP contribution in [0.1, 0.15) is 72.6 Å². The summed E-state index contributed by atoms with van der Waals surface area (Å²) in [5.74, 6) is -1.92. The Kier molecular flexibility index (Phi) is 8.93. The monoisotopic (exact) mass is 571 g/mol. The second-order valence-corrected chi connectivity index (χ2v) is 12.6. The van der Waals surface area contributed by atoms with Crippen molar-refractivity contribution in [1.29, 1.82) is 0 Å². The highest BCUT2D eigenvalue weighted by Gasteiger charge is 2.59. The van der Waals surface area contributed by atoms with Gasteiger partial charge in [-0.25, -0.2) is 0 Å². The molecule has 9 heteroatoms. The van der Waals surface area contributed by atoms with Crippen LogP contribution in [-0.4, -0.2) is 76.1 Å². The lowest BCUT2D eigenvalue weighted by Crippen LogP contribution is -2.57. The van der Waals surface area contributed by atoms with E-state index in [4.69, 9.17) is 18.9 Å². The lowest BCUT2D eigenvalue weighted by Gasteiger charge is -2.49. The quantitative estimate of drug-likeness (QED) is 0.193. The Morgan fingerprint density at radius 1 is 1.20 bits per heavy atom. The van der Waals surface area contributed by atoms with E-state index in [1.165, 1.54) is 0 Å². The predicted molar refractivity (Wildman–Crippen MR) is 152 cm³/mol. The number of carbonyl (C=O) groups excluding carboxylic acids is 1. The molecular weight excluding hydrogens is 526 g/mol. The van der Waals surface area contributed by atoms with Gasteiger partial charge in [-0.3, -0.25) is 4.79 Å². The van der Waals surface area contributed by atoms with Gasteiger partial charge in [0, 0.05) is 19.3 Å². The summed E-state index contributed by atoms with van der Waals surface area (Å²) in [5.41, 5.74) is 0.431. The Balaban J connectivity index is 1.54. The number of aliphatic hydroxyl groups is 2. The highest BCUT2D eigenvalue weighted by atomic mass is 16.7. The number of nitrogens with zero attached hydrogens (tertiary/aromatic N) is 1. The van der Waals surface area contributed by atoms with Crippen molar-refractivity contribution in [3.8, 4) is 0 Å². The smallest absolute Gasteiger partial charge is 0.316 e. The van der Waals surface area contributed by atoms with Crippen LogP contribution >= 0.6 is 0 Å². The molecule has 4 heterocycles. The van der Waals surface area contributed by atoms with Crippen LogP contribution in [0.5, 0.6) is 0 Å². The standard InChI is InChI=1S/C32H45NO8/c1-5-27-20(3)11-12-31(41-27)16-25-15-24(40-31)10-9-22(17-34)13-19(2)7-6-8-23-18-38-29-28(33-37)21(4)14-26(30(35)39-25)32(23,29)36/h6-9,14,19-20,24-27,29,34,36-37H,5,10-13,15-18H2,1-4H3/b7-6+,22-9-,23-8+,33-28-/t19-,20-,24+,25-,26?,27+,29+,31+,32+/m0/s1. The minimum Gasteiger partial charge on any atom is -0.462 e. The van der Waals surface area contributed by atoms with Gasteiger partial charge in [-0.1, -0.05) is 56.3 Å². The zero-order chi connectivity index (χ0) is 29.4. The van der Waals surface area contributed by atoms with Crippen molar-refractivity contribution in [2.45, 2.75) is 108 Å². The number of hydrogen-bond acceptors (Lipinski definition) is 9. The fourth-order valence-corrected chi connectivity index (χ4v) is 7.22. The van der Waals surface area contributed by atoms with Crippen LogP contribution < -0.4 is 0 Å². The molecule has 1 spiro atoms. The van der Waals surface area contributed by atoms with Gasteiger partial charge in [-0.15, -0.1) is 0 Å². The molecule has 0 aromatic heterocycles. The number of ether oxygens (including phenoxy) is 4. The summed E-state index contributed by atoms with van der Waals surface area (Å²) in [5, 5.41) is 35.4. The van der Waals surface area contributed by atoms with E-state index in [9.17, 15) is 20.2 Å². The Labute approximate surface area is 242 Å². The molecule has 3 saturated heterocycles. The molecule has 226 valence electrons. The van der Waals surface area contributed by atoms with Crippen LogP contribution in [0.25, 0.3) is 0 Å². The third-order valence-electron chi connectivity index (χ3n) is 9.53. The van der Waals surface area contributed by atoms with Gasteiger partial charge in [-0.05, 0) is 61.2 Å². The fourth-order valence-electron chi connectivity index (χ4n) is 7.22. The molecule has 0 aromatic carbocycles. The molecule has 3 fully saturated rings. The van der Waals surface area contributed by atoms with Gasteiger partial charge in [0.2, 0.25) is 0 Å². The molecule has 4 aliphatic heterocycles. The summed E-state index contributed by atoms with van der Waals surface area (Å²) in [6.07, 6.45) is 12.3. The molecule has 1 unspecified atom stereocenters. The first kappa shape index (κ1) is 30.2. The van der Waals surface area contributed by atoms with Gasteiger partial charge >= 0.3 is 5.97 Å². The Morgan fingerprint density at radius 3 is 2.73 bits per heavy atom. The van der Waals surface area contributed by atoms with Crippen molar-refractivity contribution in [2.75, 3.05) is 13.2 Å². The predicted octanol–water partition coefficient (Wildman–Crippen LogP) is 4.37. The van der Waals surface area contributed by atoms with Crippen LogP contribution in [0.15, 0.2) is 52.3 Å². The van der Waals surface area contributed by atoms with Gasteiger partial charge in [0.05, 0.1) is 25.4 Å². The Bertz CT molecular complexity index is 1160. The normalized spacial score (nSPS) is 46.1. The maximum atomic E-state index is 13.9. The molecule has 41 heavy (non-hydrogen) atoms. The average Bonchev–Trinajstić information content (AvgIpc) is 3.28. The van der Waals surface area contributed by atoms with Crippen molar-refractivity contribution in [1.82, 2.24) is 0 Å². The fraction of sp³-hybridized carbons (Fsp3) is 0.688. The first-order valence-electron chi connectivity index (χ1n) is 15.1. The van der Waals surface area contributed by atoms with E-state index in [-0.39, 0.29) is 37.1 Å². The molecule has 0 aromatic rings. The van der Waals surface area contributed by atoms with Crippen LogP contribution in [-0.2, 0) is 23.7 Å². The Hall–Kier alpha value is -2.30. The van der Waals surface area contributed by atoms with Gasteiger partial charge in [0.15, 0.2) is 5.79 Å². The van der Waals surface area contributed by atoms with E-state index in [0.29, 0.717) is 49.2 Å². The number of rotatable bonds is 2. The summed E-state index contributed by atoms with van der Waals surface area (Å²) < 4.78 is 25.4. The third-order valence-corrected chi connectivity index (χ3v) is 9.53. The van der Waals surface area contributed by atoms with Crippen LogP contribution in [0, 0.1) is 17.8 Å². The molecule has 5 aliphatic rings. The third kappa shape index (κ3) is 5.84. The molecule has 0 radical (unpaired) electrons. The topological polar surface area (TPSA) is 127 Å². The van der Waals surface area contributed by atoms with Crippen molar-refractivity contribution >= 4 is 11.7 Å². The number of allylic oxidation sites excluding steroid dienone is 3. The molecule has 1 aliphatic carbocycles. The number of aliphatic hydroxyl groups excluding tert-OH is 1. The number of esters is 1. The van der Waals surface area contributed by atoms with Crippen LogP contribution in [0.2, 0.25) is 0 Å². The molecule has 9 atom stereocenters. The average molecular weight is 572 g/mol. The summed E-state index contributed by atoms with van der Waals surface area (Å²) in [6, 6.07) is 0. The van der Waals surface area contributed by atoms with Gasteiger partial charge in [-0.2, -0.15) is 0 Å². The van der Waals surface area contributed by atoms with Crippen LogP contribution in [0.3, 0.4) is 0 Å². The van der Waals surface area contributed by atoms with E-state index >= 15 is 0 Å². The summed E-state index contributed by atoms with van der Waals surface area (Å²) >= 11 is 0. The van der Waals surface area contributed by atoms with Crippen LogP contribution in [0.4, 0.5) is 0 Å². The maximum Gasteiger partial charge on any atom is 0.316 e.